The molecule has 0 atom stereocenters. The van der Waals surface area contributed by atoms with Crippen LogP contribution >= 0.6 is 0 Å². The number of rotatable bonds is 7. The molecule has 0 bridgehead atoms. The molecule has 1 aromatic heterocycles. The lowest BCUT2D eigenvalue weighted by Crippen LogP contribution is -2.75. The summed E-state index contributed by atoms with van der Waals surface area (Å²) in [4.78, 5) is 13.7. The maximum atomic E-state index is 14.2. The quantitative estimate of drug-likeness (QED) is 0.0512. The van der Waals surface area contributed by atoms with Gasteiger partial charge in [0, 0.05) is 17.0 Å². The van der Waals surface area contributed by atoms with Crippen molar-refractivity contribution in [3.63, 3.8) is 0 Å². The van der Waals surface area contributed by atoms with Crippen LogP contribution in [-0.2, 0) is 56.0 Å². The van der Waals surface area contributed by atoms with Crippen molar-refractivity contribution < 1.29 is 115 Å². The van der Waals surface area contributed by atoms with E-state index in [4.69, 9.17) is 0 Å². The molecule has 0 aliphatic heterocycles. The van der Waals surface area contributed by atoms with Crippen molar-refractivity contribution in [2.75, 3.05) is 0 Å². The van der Waals surface area contributed by atoms with Crippen LogP contribution in [0.4, 0.5) is 105 Å². The van der Waals surface area contributed by atoms with Gasteiger partial charge in [0.15, 0.2) is 12.4 Å². The van der Waals surface area contributed by atoms with Crippen LogP contribution in [0.15, 0.2) is 182 Å². The van der Waals surface area contributed by atoms with Gasteiger partial charge in [-0.2, -0.15) is 132 Å². The molecule has 0 saturated heterocycles. The van der Waals surface area contributed by atoms with E-state index >= 15 is 0 Å². The fourth-order valence-electron chi connectivity index (χ4n) is 10.6. The molecule has 27 heteroatoms. The normalized spacial score (nSPS) is 13.3. The number of aromatic nitrogens is 1. The monoisotopic (exact) mass is 1260 g/mol. The number of pyridine rings is 1. The molecule has 2 nitrogen and oxygen atoms in total. The van der Waals surface area contributed by atoms with E-state index in [1.165, 1.54) is 10.8 Å². The van der Waals surface area contributed by atoms with Gasteiger partial charge in [0.25, 0.3) is 0 Å². The highest BCUT2D eigenvalue weighted by molar-refractivity contribution is 7.20. The summed E-state index contributed by atoms with van der Waals surface area (Å²) in [5.74, 6) is 0.123. The summed E-state index contributed by atoms with van der Waals surface area (Å²) in [5.41, 5.74) is -29.4. The molecule has 88 heavy (non-hydrogen) atoms. The van der Waals surface area contributed by atoms with E-state index in [1.807, 2.05) is 41.1 Å². The Kier molecular flexibility index (Phi) is 16.0. The van der Waals surface area contributed by atoms with Crippen LogP contribution < -0.4 is 26.4 Å². The SMILES string of the molecule is FC(F)(F)c1cc([B-](c2cc(C(F)(F)F)cc(C(F)(F)F)c2)(c2cc(C(F)(F)F)cc(C(F)(F)F)c2)c2cc(C(F)(F)F)cc(C(F)(F)F)c2)cc(C(F)(F)F)c1.O=C(C[n+]1ccc2ccccc2c1)c1c2ccccc2cc2cc3ccccc3cc12. The summed E-state index contributed by atoms with van der Waals surface area (Å²) in [6, 6.07) is 24.5. The van der Waals surface area contributed by atoms with Gasteiger partial charge in [0.2, 0.25) is 12.3 Å². The molecular weight excluding hydrogens is 1230 g/mol. The Morgan fingerprint density at radius 2 is 0.580 bits per heavy atom. The maximum Gasteiger partial charge on any atom is 0.416 e. The molecule has 0 fully saturated rings. The van der Waals surface area contributed by atoms with E-state index in [9.17, 15) is 110 Å². The highest BCUT2D eigenvalue weighted by Gasteiger charge is 2.47. The van der Waals surface area contributed by atoms with Crippen LogP contribution in [-0.4, -0.2) is 11.9 Å². The van der Waals surface area contributed by atoms with E-state index in [1.54, 1.807) is 0 Å². The standard InChI is InChI=1S/C32H12BF24.C29H20NO/c34-25(35,36)13-1-14(26(37,38)39)6-21(5-13)33(22-7-15(27(40,41)42)2-16(8-22)28(43,44)45,23-9-17(29(46,47)48)3-18(10-23)30(49,50)51)24-11-19(31(52,53)54)4-20(12-24)32(55,56)57;31-28(19-30-14-13-20-7-1-4-11-24(20)18-30)29-26-12-6-5-10-23(26)16-25-15-21-8-2-3-9-22(21)17-27(25)29/h1-12H;1-18H,19H2/q-1;+1. The zero-order chi connectivity index (χ0) is 64.7. The minimum Gasteiger partial charge on any atom is -0.287 e. The number of carbonyl (C=O) groups excluding carboxylic acids is 1. The second kappa shape index (κ2) is 22.1. The summed E-state index contributed by atoms with van der Waals surface area (Å²) in [7, 11) is 0. The van der Waals surface area contributed by atoms with Gasteiger partial charge in [0.05, 0.1) is 44.5 Å². The summed E-state index contributed by atoms with van der Waals surface area (Å²) in [6.45, 7) is 0.306. The van der Waals surface area contributed by atoms with Crippen LogP contribution in [0.5, 0.6) is 0 Å². The van der Waals surface area contributed by atoms with Crippen LogP contribution in [0.1, 0.15) is 54.9 Å². The Morgan fingerprint density at radius 3 is 0.920 bits per heavy atom. The number of ketones is 1. The second-order valence-electron chi connectivity index (χ2n) is 20.3. The molecule has 9 aromatic carbocycles. The summed E-state index contributed by atoms with van der Waals surface area (Å²) in [6.07, 6.45) is -50.8. The lowest BCUT2D eigenvalue weighted by atomic mass is 9.12. The fourth-order valence-corrected chi connectivity index (χ4v) is 10.6. The predicted molar refractivity (Wildman–Crippen MR) is 278 cm³/mol. The molecule has 0 saturated carbocycles. The van der Waals surface area contributed by atoms with E-state index in [-0.39, 0.29) is 5.78 Å². The number of nitrogens with zero attached hydrogens (tertiary/aromatic N) is 1. The molecule has 0 amide bonds. The Bertz CT molecular complexity index is 3890. The number of halogens is 24. The molecule has 10 rings (SSSR count). The molecule has 0 aliphatic carbocycles. The third-order valence-corrected chi connectivity index (χ3v) is 14.5. The Morgan fingerprint density at radius 1 is 0.295 bits per heavy atom. The van der Waals surface area contributed by atoms with E-state index in [0.717, 1.165) is 37.9 Å². The number of fused-ring (bicyclic) bond motifs is 4. The van der Waals surface area contributed by atoms with Gasteiger partial charge in [0.1, 0.15) is 6.15 Å². The molecule has 0 aliphatic rings. The molecule has 1 heterocycles. The zero-order valence-corrected chi connectivity index (χ0v) is 43.5. The summed E-state index contributed by atoms with van der Waals surface area (Å²) >= 11 is 0. The molecule has 0 unspecified atom stereocenters. The molecular formula is C61H32BF24NO. The van der Waals surface area contributed by atoms with Gasteiger partial charge in [-0.25, -0.2) is 0 Å². The van der Waals surface area contributed by atoms with Gasteiger partial charge in [-0.15, -0.1) is 0 Å². The average Bonchev–Trinajstić information content (AvgIpc) is 0.725. The number of alkyl halides is 24. The second-order valence-corrected chi connectivity index (χ2v) is 20.3. The fraction of sp³-hybridized carbons (Fsp3) is 0.148. The van der Waals surface area contributed by atoms with Crippen molar-refractivity contribution in [1.82, 2.24) is 0 Å². The zero-order valence-electron chi connectivity index (χ0n) is 43.5. The predicted octanol–water partition coefficient (Wildman–Crippen LogP) is 17.7. The highest BCUT2D eigenvalue weighted by Crippen LogP contribution is 2.42. The van der Waals surface area contributed by atoms with Gasteiger partial charge >= 0.3 is 49.4 Å². The lowest BCUT2D eigenvalue weighted by molar-refractivity contribution is -0.681. The van der Waals surface area contributed by atoms with Crippen LogP contribution in [0.3, 0.4) is 0 Å². The van der Waals surface area contributed by atoms with E-state index < -0.39 is 195 Å². The first-order valence-electron chi connectivity index (χ1n) is 25.1. The molecule has 0 N–H and O–H groups in total. The summed E-state index contributed by atoms with van der Waals surface area (Å²) < 4.78 is 343. The van der Waals surface area contributed by atoms with E-state index in [2.05, 4.69) is 72.9 Å². The van der Waals surface area contributed by atoms with Crippen LogP contribution in [0.25, 0.3) is 43.1 Å². The number of hydrogen-bond acceptors (Lipinski definition) is 1. The highest BCUT2D eigenvalue weighted by atomic mass is 19.4. The van der Waals surface area contributed by atoms with Crippen molar-refractivity contribution in [2.24, 2.45) is 0 Å². The first-order valence-corrected chi connectivity index (χ1v) is 25.1. The van der Waals surface area contributed by atoms with Crippen LogP contribution in [0, 0.1) is 0 Å². The third-order valence-electron chi connectivity index (χ3n) is 14.5. The number of hydrogen-bond donors (Lipinski definition) is 0. The van der Waals surface area contributed by atoms with Crippen molar-refractivity contribution in [1.29, 1.82) is 0 Å². The number of benzene rings is 9. The van der Waals surface area contributed by atoms with Crippen molar-refractivity contribution >= 4 is 76.9 Å². The van der Waals surface area contributed by atoms with Gasteiger partial charge < -0.3 is 0 Å². The smallest absolute Gasteiger partial charge is 0.287 e. The first kappa shape index (κ1) is 63.7. The van der Waals surface area contributed by atoms with Gasteiger partial charge in [-0.3, -0.25) is 4.79 Å². The van der Waals surface area contributed by atoms with Gasteiger partial charge in [-0.1, -0.05) is 115 Å². The maximum absolute atomic E-state index is 14.2. The van der Waals surface area contributed by atoms with Crippen LogP contribution in [0.2, 0.25) is 0 Å². The topological polar surface area (TPSA) is 20.9 Å². The van der Waals surface area contributed by atoms with Crippen molar-refractivity contribution in [2.45, 2.75) is 56.0 Å². The molecule has 10 aromatic rings. The third kappa shape index (κ3) is 13.1. The summed E-state index contributed by atoms with van der Waals surface area (Å²) in [5, 5.41) is 8.87. The minimum absolute atomic E-state index is 0.123. The average molecular weight is 1260 g/mol. The van der Waals surface area contributed by atoms with Crippen molar-refractivity contribution in [3.05, 3.63) is 232 Å². The van der Waals surface area contributed by atoms with Gasteiger partial charge in [-0.05, 0) is 86.2 Å². The largest absolute Gasteiger partial charge is 0.416 e. The minimum atomic E-state index is -6.13. The molecule has 0 radical (unpaired) electrons. The molecule has 0 spiro atoms. The molecule has 458 valence electrons. The first-order chi connectivity index (χ1) is 40.5. The van der Waals surface area contributed by atoms with E-state index in [0.29, 0.717) is 6.54 Å². The Labute approximate surface area is 478 Å². The number of carbonyl (C=O) groups is 1. The number of Topliss-reactive ketones (excluding diaryl/α,β-unsaturated/α-hetero) is 1. The van der Waals surface area contributed by atoms with Crippen molar-refractivity contribution in [3.8, 4) is 0 Å². The Balaban J connectivity index is 0.000000246. The lowest BCUT2D eigenvalue weighted by Gasteiger charge is -2.46. The Hall–Kier alpha value is -8.78.